The lowest BCUT2D eigenvalue weighted by molar-refractivity contribution is 0.0940. The number of benzene rings is 2. The normalized spacial score (nSPS) is 12.2. The quantitative estimate of drug-likeness (QED) is 0.632. The van der Waals surface area contributed by atoms with E-state index in [0.717, 1.165) is 5.56 Å². The predicted octanol–water partition coefficient (Wildman–Crippen LogP) is 4.39. The first-order chi connectivity index (χ1) is 12.3. The molecule has 1 amide bonds. The third-order valence-electron chi connectivity index (χ3n) is 4.14. The molecule has 3 rings (SSSR count). The van der Waals surface area contributed by atoms with E-state index in [1.807, 2.05) is 6.92 Å². The van der Waals surface area contributed by atoms with E-state index in [9.17, 15) is 9.59 Å². The summed E-state index contributed by atoms with van der Waals surface area (Å²) < 4.78 is 1.64. The number of H-pyrrole nitrogens is 1. The number of rotatable bonds is 3. The summed E-state index contributed by atoms with van der Waals surface area (Å²) in [4.78, 5) is 27.7. The SMILES string of the molecule is CC(NC(=O)c1ccc2c(=O)n(C)c(=S)[nH]c2c1)c1ccc(Cl)cc1Cl. The molecule has 26 heavy (non-hydrogen) atoms. The van der Waals surface area contributed by atoms with Crippen molar-refractivity contribution in [3.63, 3.8) is 0 Å². The molecule has 0 bridgehead atoms. The molecular formula is C18H15Cl2N3O2S. The lowest BCUT2D eigenvalue weighted by Crippen LogP contribution is -2.27. The second kappa shape index (κ2) is 7.23. The smallest absolute Gasteiger partial charge is 0.261 e. The molecule has 2 aromatic carbocycles. The van der Waals surface area contributed by atoms with Gasteiger partial charge in [0.05, 0.1) is 16.9 Å². The number of nitrogens with one attached hydrogen (secondary N) is 2. The van der Waals surface area contributed by atoms with Gasteiger partial charge in [-0.3, -0.25) is 14.2 Å². The van der Waals surface area contributed by atoms with Crippen LogP contribution >= 0.6 is 35.4 Å². The lowest BCUT2D eigenvalue weighted by Gasteiger charge is -2.16. The molecule has 0 saturated carbocycles. The lowest BCUT2D eigenvalue weighted by atomic mass is 10.1. The van der Waals surface area contributed by atoms with Crippen LogP contribution in [-0.2, 0) is 7.05 Å². The summed E-state index contributed by atoms with van der Waals surface area (Å²) in [6.45, 7) is 1.83. The number of fused-ring (bicyclic) bond motifs is 1. The Labute approximate surface area is 164 Å². The minimum Gasteiger partial charge on any atom is -0.345 e. The van der Waals surface area contributed by atoms with Crippen LogP contribution < -0.4 is 10.9 Å². The summed E-state index contributed by atoms with van der Waals surface area (Å²) in [5.74, 6) is -0.287. The maximum Gasteiger partial charge on any atom is 0.261 e. The second-order valence-electron chi connectivity index (χ2n) is 5.92. The van der Waals surface area contributed by atoms with Gasteiger partial charge in [0.1, 0.15) is 0 Å². The molecule has 2 N–H and O–H groups in total. The van der Waals surface area contributed by atoms with Gasteiger partial charge in [-0.05, 0) is 55.0 Å². The van der Waals surface area contributed by atoms with Gasteiger partial charge in [-0.2, -0.15) is 0 Å². The van der Waals surface area contributed by atoms with Gasteiger partial charge in [-0.1, -0.05) is 29.3 Å². The van der Waals surface area contributed by atoms with E-state index in [-0.39, 0.29) is 17.5 Å². The predicted molar refractivity (Wildman–Crippen MR) is 107 cm³/mol. The number of aromatic nitrogens is 2. The van der Waals surface area contributed by atoms with Crippen molar-refractivity contribution in [2.24, 2.45) is 7.05 Å². The number of hydrogen-bond acceptors (Lipinski definition) is 3. The maximum absolute atomic E-state index is 12.6. The fraction of sp³-hybridized carbons (Fsp3) is 0.167. The third-order valence-corrected chi connectivity index (χ3v) is 5.08. The summed E-state index contributed by atoms with van der Waals surface area (Å²) in [5.41, 5.74) is 1.48. The number of halogens is 2. The van der Waals surface area contributed by atoms with Gasteiger partial charge < -0.3 is 10.3 Å². The topological polar surface area (TPSA) is 66.9 Å². The Morgan fingerprint density at radius 3 is 2.65 bits per heavy atom. The first kappa shape index (κ1) is 18.6. The number of hydrogen-bond donors (Lipinski definition) is 2. The van der Waals surface area contributed by atoms with Gasteiger partial charge in [0.2, 0.25) is 0 Å². The van der Waals surface area contributed by atoms with Crippen LogP contribution in [-0.4, -0.2) is 15.5 Å². The van der Waals surface area contributed by atoms with E-state index in [2.05, 4.69) is 10.3 Å². The molecule has 0 fully saturated rings. The van der Waals surface area contributed by atoms with Crippen LogP contribution in [0.1, 0.15) is 28.9 Å². The van der Waals surface area contributed by atoms with E-state index in [0.29, 0.717) is 31.3 Å². The average Bonchev–Trinajstić information content (AvgIpc) is 2.59. The van der Waals surface area contributed by atoms with Crippen LogP contribution in [0.5, 0.6) is 0 Å². The Morgan fingerprint density at radius 1 is 1.23 bits per heavy atom. The molecule has 1 aromatic heterocycles. The summed E-state index contributed by atoms with van der Waals surface area (Å²) in [5, 5.41) is 4.37. The molecule has 0 saturated heterocycles. The monoisotopic (exact) mass is 407 g/mol. The highest BCUT2D eigenvalue weighted by molar-refractivity contribution is 7.71. The number of carbonyl (C=O) groups excluding carboxylic acids is 1. The Morgan fingerprint density at radius 2 is 1.96 bits per heavy atom. The van der Waals surface area contributed by atoms with Crippen LogP contribution in [0.2, 0.25) is 10.0 Å². The molecule has 0 spiro atoms. The van der Waals surface area contributed by atoms with E-state index >= 15 is 0 Å². The number of carbonyl (C=O) groups is 1. The third kappa shape index (κ3) is 3.53. The first-order valence-corrected chi connectivity index (χ1v) is 8.93. The molecular weight excluding hydrogens is 393 g/mol. The highest BCUT2D eigenvalue weighted by Gasteiger charge is 2.15. The molecule has 5 nitrogen and oxygen atoms in total. The van der Waals surface area contributed by atoms with Crippen LogP contribution in [0.15, 0.2) is 41.2 Å². The van der Waals surface area contributed by atoms with E-state index < -0.39 is 0 Å². The summed E-state index contributed by atoms with van der Waals surface area (Å²) in [7, 11) is 1.60. The van der Waals surface area contributed by atoms with Crippen molar-refractivity contribution in [2.45, 2.75) is 13.0 Å². The van der Waals surface area contributed by atoms with Gasteiger partial charge in [-0.25, -0.2) is 0 Å². The summed E-state index contributed by atoms with van der Waals surface area (Å²) in [6.07, 6.45) is 0. The molecule has 0 aliphatic rings. The van der Waals surface area contributed by atoms with E-state index in [4.69, 9.17) is 35.4 Å². The highest BCUT2D eigenvalue weighted by Crippen LogP contribution is 2.26. The molecule has 0 aliphatic carbocycles. The van der Waals surface area contributed by atoms with Crippen molar-refractivity contribution < 1.29 is 4.79 Å². The minimum atomic E-state index is -0.315. The van der Waals surface area contributed by atoms with Crippen molar-refractivity contribution in [2.75, 3.05) is 0 Å². The maximum atomic E-state index is 12.6. The van der Waals surface area contributed by atoms with Crippen LogP contribution in [0.4, 0.5) is 0 Å². The van der Waals surface area contributed by atoms with Gasteiger partial charge in [-0.15, -0.1) is 0 Å². The zero-order valence-electron chi connectivity index (χ0n) is 14.0. The fourth-order valence-electron chi connectivity index (χ4n) is 2.66. The molecule has 1 heterocycles. The Bertz CT molecular complexity index is 1140. The van der Waals surface area contributed by atoms with Gasteiger partial charge in [0, 0.05) is 22.7 Å². The van der Waals surface area contributed by atoms with Crippen molar-refractivity contribution in [1.29, 1.82) is 0 Å². The molecule has 1 unspecified atom stereocenters. The first-order valence-electron chi connectivity index (χ1n) is 7.77. The second-order valence-corrected chi connectivity index (χ2v) is 7.15. The van der Waals surface area contributed by atoms with Crippen molar-refractivity contribution in [3.8, 4) is 0 Å². The number of aromatic amines is 1. The molecule has 0 aliphatic heterocycles. The molecule has 134 valence electrons. The fourth-order valence-corrected chi connectivity index (χ4v) is 3.42. The number of amides is 1. The largest absolute Gasteiger partial charge is 0.345 e. The van der Waals surface area contributed by atoms with E-state index in [1.165, 1.54) is 4.57 Å². The Hall–Kier alpha value is -2.15. The van der Waals surface area contributed by atoms with Crippen molar-refractivity contribution in [3.05, 3.63) is 72.7 Å². The van der Waals surface area contributed by atoms with Crippen LogP contribution in [0, 0.1) is 4.77 Å². The van der Waals surface area contributed by atoms with E-state index in [1.54, 1.807) is 43.4 Å². The Balaban J connectivity index is 1.91. The number of nitrogens with zero attached hydrogens (tertiary/aromatic N) is 1. The van der Waals surface area contributed by atoms with Gasteiger partial charge in [0.25, 0.3) is 11.5 Å². The molecule has 0 radical (unpaired) electrons. The Kier molecular flexibility index (Phi) is 5.18. The minimum absolute atomic E-state index is 0.211. The van der Waals surface area contributed by atoms with Crippen LogP contribution in [0.25, 0.3) is 10.9 Å². The van der Waals surface area contributed by atoms with Crippen LogP contribution in [0.3, 0.4) is 0 Å². The molecule has 3 aromatic rings. The standard InChI is InChI=1S/C18H15Cl2N3O2S/c1-9(12-6-4-11(19)8-14(12)20)21-16(24)10-3-5-13-15(7-10)22-18(26)23(2)17(13)25/h3-9H,1-2H3,(H,21,24)(H,22,26). The highest BCUT2D eigenvalue weighted by atomic mass is 35.5. The average molecular weight is 408 g/mol. The summed E-state index contributed by atoms with van der Waals surface area (Å²) in [6, 6.07) is 9.63. The van der Waals surface area contributed by atoms with Crippen molar-refractivity contribution >= 4 is 52.2 Å². The molecule has 8 heteroatoms. The van der Waals surface area contributed by atoms with Gasteiger partial charge in [0.15, 0.2) is 4.77 Å². The molecule has 1 atom stereocenters. The zero-order chi connectivity index (χ0) is 19.0. The van der Waals surface area contributed by atoms with Gasteiger partial charge >= 0.3 is 0 Å². The van der Waals surface area contributed by atoms with Crippen molar-refractivity contribution in [1.82, 2.24) is 14.9 Å². The summed E-state index contributed by atoms with van der Waals surface area (Å²) >= 11 is 17.2. The zero-order valence-corrected chi connectivity index (χ0v) is 16.3.